The Bertz CT molecular complexity index is 954. The second-order valence-electron chi connectivity index (χ2n) is 6.85. The second-order valence-corrected chi connectivity index (χ2v) is 7.23. The minimum absolute atomic E-state index is 0.00251. The molecule has 1 aromatic rings. The van der Waals surface area contributed by atoms with Crippen molar-refractivity contribution in [3.05, 3.63) is 27.9 Å². The Kier molecular flexibility index (Phi) is 3.77. The summed E-state index contributed by atoms with van der Waals surface area (Å²) in [6, 6.07) is 1.19. The number of phenols is 1. The number of halogens is 1. The van der Waals surface area contributed by atoms with Crippen LogP contribution < -0.4 is 9.47 Å². The van der Waals surface area contributed by atoms with E-state index < -0.39 is 29.0 Å². The van der Waals surface area contributed by atoms with Gasteiger partial charge in [0.15, 0.2) is 5.75 Å². The summed E-state index contributed by atoms with van der Waals surface area (Å²) in [7, 11) is 1.32. The van der Waals surface area contributed by atoms with Crippen LogP contribution in [0.3, 0.4) is 0 Å². The molecule has 2 N–H and O–H groups in total. The maximum atomic E-state index is 13.3. The van der Waals surface area contributed by atoms with E-state index >= 15 is 0 Å². The molecule has 1 amide bonds. The zero-order valence-corrected chi connectivity index (χ0v) is 15.3. The largest absolute Gasteiger partial charge is 0.506 e. The molecular weight excluding hydrogens is 378 g/mol. The Balaban J connectivity index is 1.89. The second kappa shape index (κ2) is 5.71. The Hall–Kier alpha value is -2.58. The molecule has 0 radical (unpaired) electrons. The van der Waals surface area contributed by atoms with Crippen molar-refractivity contribution in [1.29, 1.82) is 0 Å². The molecule has 0 fully saturated rings. The number of benzene rings is 1. The van der Waals surface area contributed by atoms with Gasteiger partial charge in [-0.25, -0.2) is 0 Å². The van der Waals surface area contributed by atoms with Crippen molar-refractivity contribution in [2.45, 2.75) is 31.8 Å². The molecule has 2 aliphatic heterocycles. The van der Waals surface area contributed by atoms with Crippen molar-refractivity contribution < 1.29 is 34.2 Å². The lowest BCUT2D eigenvalue weighted by Gasteiger charge is -2.40. The van der Waals surface area contributed by atoms with Crippen molar-refractivity contribution in [3.8, 4) is 17.2 Å². The molecule has 2 unspecified atom stereocenters. The van der Waals surface area contributed by atoms with E-state index in [9.17, 15) is 24.7 Å². The molecule has 1 spiro atoms. The minimum atomic E-state index is -1.87. The Morgan fingerprint density at radius 2 is 2.00 bits per heavy atom. The van der Waals surface area contributed by atoms with Crippen LogP contribution in [-0.2, 0) is 9.59 Å². The van der Waals surface area contributed by atoms with Crippen LogP contribution in [0.15, 0.2) is 17.3 Å². The maximum Gasteiger partial charge on any atom is 0.250 e. The van der Waals surface area contributed by atoms with E-state index in [2.05, 4.69) is 0 Å². The third kappa shape index (κ3) is 2.11. The molecule has 8 nitrogen and oxygen atoms in total. The highest BCUT2D eigenvalue weighted by molar-refractivity contribution is 6.36. The summed E-state index contributed by atoms with van der Waals surface area (Å²) >= 11 is 6.11. The number of hydrogen-bond acceptors (Lipinski definition) is 7. The van der Waals surface area contributed by atoms with E-state index in [0.29, 0.717) is 5.06 Å². The number of methoxy groups -OCH3 is 1. The quantitative estimate of drug-likeness (QED) is 0.555. The molecule has 0 saturated carbocycles. The summed E-state index contributed by atoms with van der Waals surface area (Å²) in [6.45, 7) is 1.62. The van der Waals surface area contributed by atoms with Crippen LogP contribution >= 0.6 is 11.6 Å². The number of rotatable bonds is 1. The smallest absolute Gasteiger partial charge is 0.250 e. The number of fused-ring (bicyclic) bond motifs is 1. The third-order valence-corrected chi connectivity index (χ3v) is 5.81. The van der Waals surface area contributed by atoms with Crippen LogP contribution in [0.1, 0.15) is 36.5 Å². The summed E-state index contributed by atoms with van der Waals surface area (Å²) in [5.74, 6) is -2.79. The molecule has 2 atom stereocenters. The lowest BCUT2D eigenvalue weighted by Crippen LogP contribution is -2.58. The average Bonchev–Trinajstić information content (AvgIpc) is 2.95. The van der Waals surface area contributed by atoms with Crippen LogP contribution in [-0.4, -0.2) is 45.6 Å². The molecule has 3 aliphatic rings. The number of nitrogens with zero attached hydrogens (tertiary/aromatic N) is 1. The maximum absolute atomic E-state index is 13.3. The third-order valence-electron chi connectivity index (χ3n) is 5.45. The number of hydrogen-bond donors (Lipinski definition) is 2. The standard InChI is InChI=1S/C18H16ClNO7/c1-7-5-9-8(3-4-12(22)20(9)25)16(23)18(7)17(24)13-11(26-2)6-10(21)14(19)15(13)27-18/h6-7,21,25H,3-5H2,1-2H3. The fourth-order valence-corrected chi connectivity index (χ4v) is 4.22. The number of ketones is 2. The van der Waals surface area contributed by atoms with Crippen molar-refractivity contribution >= 4 is 29.1 Å². The van der Waals surface area contributed by atoms with Crippen molar-refractivity contribution in [3.63, 3.8) is 0 Å². The van der Waals surface area contributed by atoms with Gasteiger partial charge in [-0.05, 0) is 12.8 Å². The zero-order chi connectivity index (χ0) is 19.7. The van der Waals surface area contributed by atoms with Gasteiger partial charge in [-0.3, -0.25) is 19.6 Å². The molecule has 27 heavy (non-hydrogen) atoms. The van der Waals surface area contributed by atoms with E-state index in [4.69, 9.17) is 21.1 Å². The highest BCUT2D eigenvalue weighted by atomic mass is 35.5. The summed E-state index contributed by atoms with van der Waals surface area (Å²) < 4.78 is 11.0. The number of ether oxygens (including phenoxy) is 2. The van der Waals surface area contributed by atoms with E-state index in [0.717, 1.165) is 0 Å². The molecule has 1 aliphatic carbocycles. The lowest BCUT2D eigenvalue weighted by atomic mass is 9.69. The van der Waals surface area contributed by atoms with Gasteiger partial charge in [0.2, 0.25) is 17.2 Å². The first-order valence-electron chi connectivity index (χ1n) is 8.36. The van der Waals surface area contributed by atoms with Gasteiger partial charge in [-0.1, -0.05) is 18.5 Å². The molecule has 142 valence electrons. The predicted octanol–water partition coefficient (Wildman–Crippen LogP) is 2.24. The Morgan fingerprint density at radius 3 is 2.67 bits per heavy atom. The van der Waals surface area contributed by atoms with E-state index in [1.54, 1.807) is 6.92 Å². The van der Waals surface area contributed by atoms with Gasteiger partial charge in [0.05, 0.1) is 12.8 Å². The fraction of sp³-hybridized carbons (Fsp3) is 0.389. The predicted molar refractivity (Wildman–Crippen MR) is 91.0 cm³/mol. The van der Waals surface area contributed by atoms with Crippen LogP contribution in [0.5, 0.6) is 17.2 Å². The Morgan fingerprint density at radius 1 is 1.30 bits per heavy atom. The van der Waals surface area contributed by atoms with Gasteiger partial charge in [0.25, 0.3) is 5.91 Å². The first-order valence-corrected chi connectivity index (χ1v) is 8.73. The number of allylic oxidation sites excluding steroid dienone is 1. The van der Waals surface area contributed by atoms with Gasteiger partial charge in [-0.2, -0.15) is 5.06 Å². The molecule has 2 heterocycles. The number of hydroxylamine groups is 2. The van der Waals surface area contributed by atoms with Crippen molar-refractivity contribution in [2.24, 2.45) is 5.92 Å². The molecule has 0 aromatic heterocycles. The molecule has 1 aromatic carbocycles. The van der Waals surface area contributed by atoms with Crippen LogP contribution in [0, 0.1) is 5.92 Å². The number of Topliss-reactive ketones (excluding diaryl/α,β-unsaturated/α-hetero) is 2. The number of amides is 1. The summed E-state index contributed by atoms with van der Waals surface area (Å²) in [5.41, 5.74) is -1.48. The van der Waals surface area contributed by atoms with E-state index in [1.807, 2.05) is 0 Å². The number of carbonyl (C=O) groups excluding carboxylic acids is 3. The molecular formula is C18H16ClNO7. The van der Waals surface area contributed by atoms with Gasteiger partial charge in [0, 0.05) is 24.0 Å². The van der Waals surface area contributed by atoms with Gasteiger partial charge in [-0.15, -0.1) is 0 Å². The van der Waals surface area contributed by atoms with E-state index in [-0.39, 0.29) is 58.4 Å². The number of phenolic OH excluding ortho intramolecular Hbond substituents is 1. The first-order chi connectivity index (χ1) is 12.7. The van der Waals surface area contributed by atoms with Crippen molar-refractivity contribution in [2.75, 3.05) is 7.11 Å². The molecule has 9 heteroatoms. The zero-order valence-electron chi connectivity index (χ0n) is 14.5. The topological polar surface area (TPSA) is 113 Å². The lowest BCUT2D eigenvalue weighted by molar-refractivity contribution is -0.161. The highest BCUT2D eigenvalue weighted by Crippen LogP contribution is 2.54. The molecule has 4 rings (SSSR count). The summed E-state index contributed by atoms with van der Waals surface area (Å²) in [6.07, 6.45) is 0.161. The number of carbonyl (C=O) groups is 3. The fourth-order valence-electron chi connectivity index (χ4n) is 4.03. The SMILES string of the molecule is COc1cc(O)c(Cl)c2c1C(=O)C1(O2)C(=O)C2=C(CC1C)N(O)C(=O)CC2. The first kappa shape index (κ1) is 17.8. The molecule has 0 bridgehead atoms. The molecule has 0 saturated heterocycles. The van der Waals surface area contributed by atoms with Crippen molar-refractivity contribution in [1.82, 2.24) is 5.06 Å². The van der Waals surface area contributed by atoms with Gasteiger partial charge < -0.3 is 14.6 Å². The van der Waals surface area contributed by atoms with Crippen LogP contribution in [0.2, 0.25) is 5.02 Å². The van der Waals surface area contributed by atoms with Gasteiger partial charge >= 0.3 is 0 Å². The Labute approximate surface area is 158 Å². The number of aromatic hydroxyl groups is 1. The van der Waals surface area contributed by atoms with E-state index in [1.165, 1.54) is 13.2 Å². The summed E-state index contributed by atoms with van der Waals surface area (Å²) in [4.78, 5) is 38.4. The van der Waals surface area contributed by atoms with Gasteiger partial charge in [0.1, 0.15) is 22.1 Å². The van der Waals surface area contributed by atoms with Crippen LogP contribution in [0.25, 0.3) is 0 Å². The monoisotopic (exact) mass is 393 g/mol. The normalized spacial score (nSPS) is 27.0. The minimum Gasteiger partial charge on any atom is -0.506 e. The van der Waals surface area contributed by atoms with Crippen LogP contribution in [0.4, 0.5) is 0 Å². The highest BCUT2D eigenvalue weighted by Gasteiger charge is 2.62. The average molecular weight is 394 g/mol. The summed E-state index contributed by atoms with van der Waals surface area (Å²) in [5, 5.41) is 20.3.